The zero-order valence-corrected chi connectivity index (χ0v) is 29.9. The van der Waals surface area contributed by atoms with Crippen LogP contribution in [0.5, 0.6) is 0 Å². The lowest BCUT2D eigenvalue weighted by Gasteiger charge is -2.16. The molecule has 3 aromatic rings. The van der Waals surface area contributed by atoms with Gasteiger partial charge < -0.3 is 14.2 Å². The summed E-state index contributed by atoms with van der Waals surface area (Å²) in [6, 6.07) is 18.1. The number of halogens is 5. The van der Waals surface area contributed by atoms with Crippen molar-refractivity contribution in [3.63, 3.8) is 0 Å². The van der Waals surface area contributed by atoms with Gasteiger partial charge in [-0.05, 0) is 110 Å². The van der Waals surface area contributed by atoms with E-state index in [0.717, 1.165) is 23.3 Å². The van der Waals surface area contributed by atoms with Gasteiger partial charge in [-0.15, -0.1) is 0 Å². The van der Waals surface area contributed by atoms with Crippen molar-refractivity contribution in [1.82, 2.24) is 0 Å². The summed E-state index contributed by atoms with van der Waals surface area (Å²) in [5.74, 6) is -2.31. The molecule has 0 aromatic heterocycles. The van der Waals surface area contributed by atoms with Crippen LogP contribution in [0.15, 0.2) is 66.7 Å². The zero-order chi connectivity index (χ0) is 35.3. The van der Waals surface area contributed by atoms with E-state index in [1.807, 2.05) is 65.8 Å². The van der Waals surface area contributed by atoms with Crippen LogP contribution in [0, 0.1) is 27.9 Å². The lowest BCUT2D eigenvalue weighted by atomic mass is 9.97. The van der Waals surface area contributed by atoms with Gasteiger partial charge in [-0.25, -0.2) is 8.78 Å². The first kappa shape index (κ1) is 49.8. The SMILES string of the molecule is C.C.CC(C)(C)C(=O)OCc1c(F)cccc1F.CC(C)(C)C(=O)OCc1ccc(Cl)cc1.CC(C)(C)C(=O)OCc1cccc(Cl)c1.F. The van der Waals surface area contributed by atoms with E-state index in [0.29, 0.717) is 16.7 Å². The molecule has 0 saturated carbocycles. The van der Waals surface area contributed by atoms with Gasteiger partial charge in [0.2, 0.25) is 0 Å². The Bertz CT molecular complexity index is 1420. The van der Waals surface area contributed by atoms with Crippen molar-refractivity contribution in [2.75, 3.05) is 0 Å². The summed E-state index contributed by atoms with van der Waals surface area (Å²) in [6.07, 6.45) is 0. The molecule has 0 aliphatic rings. The summed E-state index contributed by atoms with van der Waals surface area (Å²) in [6.45, 7) is 16.2. The van der Waals surface area contributed by atoms with Crippen LogP contribution in [0.2, 0.25) is 10.0 Å². The molecule has 0 amide bonds. The van der Waals surface area contributed by atoms with E-state index < -0.39 is 33.8 Å². The van der Waals surface area contributed by atoms with E-state index in [4.69, 9.17) is 37.4 Å². The van der Waals surface area contributed by atoms with Crippen molar-refractivity contribution in [1.29, 1.82) is 0 Å². The third kappa shape index (κ3) is 19.9. The minimum atomic E-state index is -0.707. The molecule has 0 aliphatic heterocycles. The highest BCUT2D eigenvalue weighted by atomic mass is 35.5. The van der Waals surface area contributed by atoms with E-state index in [-0.39, 0.29) is 50.3 Å². The number of ether oxygens (including phenoxy) is 3. The lowest BCUT2D eigenvalue weighted by molar-refractivity contribution is -0.155. The normalized spacial score (nSPS) is 10.6. The fraction of sp³-hybridized carbons (Fsp3) is 0.447. The summed E-state index contributed by atoms with van der Waals surface area (Å²) in [5, 5.41) is 1.33. The molecule has 0 fully saturated rings. The molecule has 0 aliphatic carbocycles. The summed E-state index contributed by atoms with van der Waals surface area (Å²) in [7, 11) is 0. The van der Waals surface area contributed by atoms with E-state index >= 15 is 0 Å². The molecule has 0 spiro atoms. The molecular formula is C38H53Cl2F3O6. The van der Waals surface area contributed by atoms with Crippen LogP contribution < -0.4 is 0 Å². The molecule has 3 rings (SSSR count). The maximum Gasteiger partial charge on any atom is 0.311 e. The molecule has 11 heteroatoms. The van der Waals surface area contributed by atoms with Crippen LogP contribution in [-0.2, 0) is 48.4 Å². The van der Waals surface area contributed by atoms with Crippen LogP contribution in [0.25, 0.3) is 0 Å². The molecule has 0 N–H and O–H groups in total. The van der Waals surface area contributed by atoms with E-state index in [9.17, 15) is 23.2 Å². The fourth-order valence-electron chi connectivity index (χ4n) is 2.96. The quantitative estimate of drug-likeness (QED) is 0.185. The lowest BCUT2D eigenvalue weighted by Crippen LogP contribution is -2.23. The molecule has 0 bridgehead atoms. The number of hydrogen-bond donors (Lipinski definition) is 0. The number of esters is 3. The average Bonchev–Trinajstić information content (AvgIpc) is 2.94. The number of rotatable bonds is 6. The molecule has 0 atom stereocenters. The molecule has 0 radical (unpaired) electrons. The highest BCUT2D eigenvalue weighted by Crippen LogP contribution is 2.20. The Labute approximate surface area is 300 Å². The summed E-state index contributed by atoms with van der Waals surface area (Å²) < 4.78 is 41.5. The second-order valence-electron chi connectivity index (χ2n) is 13.4. The number of hydrogen-bond acceptors (Lipinski definition) is 6. The van der Waals surface area contributed by atoms with E-state index in [1.165, 1.54) is 6.07 Å². The molecule has 6 nitrogen and oxygen atoms in total. The van der Waals surface area contributed by atoms with Crippen molar-refractivity contribution in [3.05, 3.63) is 105 Å². The van der Waals surface area contributed by atoms with Crippen LogP contribution in [0.4, 0.5) is 13.5 Å². The second-order valence-corrected chi connectivity index (χ2v) is 14.3. The van der Waals surface area contributed by atoms with Crippen LogP contribution in [-0.4, -0.2) is 17.9 Å². The van der Waals surface area contributed by atoms with Crippen LogP contribution >= 0.6 is 23.2 Å². The van der Waals surface area contributed by atoms with Gasteiger partial charge in [0.25, 0.3) is 0 Å². The van der Waals surface area contributed by atoms with Gasteiger partial charge in [-0.2, -0.15) is 0 Å². The first-order valence-corrected chi connectivity index (χ1v) is 15.3. The molecule has 0 saturated heterocycles. The highest BCUT2D eigenvalue weighted by Gasteiger charge is 2.25. The topological polar surface area (TPSA) is 78.9 Å². The predicted molar refractivity (Wildman–Crippen MR) is 193 cm³/mol. The van der Waals surface area contributed by atoms with E-state index in [1.54, 1.807) is 45.0 Å². The Balaban J connectivity index is -0.000000629. The highest BCUT2D eigenvalue weighted by molar-refractivity contribution is 6.30. The number of carbonyl (C=O) groups excluding carboxylic acids is 3. The molecule has 49 heavy (non-hydrogen) atoms. The Morgan fingerprint density at radius 2 is 0.918 bits per heavy atom. The first-order valence-electron chi connectivity index (χ1n) is 14.5. The monoisotopic (exact) mass is 732 g/mol. The standard InChI is InChI=1S/2C12H15ClO2.C12H14F2O2.2CH4.FH/c1-12(2,3)11(14)15-8-9-4-6-10(13)7-5-9;1-12(2,3)11(14)15-8-9-5-4-6-10(13)7-9;1-12(2,3)11(15)16-7-8-9(13)5-4-6-10(8)14;;;/h2*4-7H,8H2,1-3H3;4-6H,7H2,1-3H3;2*1H4;1H. The fourth-order valence-corrected chi connectivity index (χ4v) is 3.30. The Morgan fingerprint density at radius 1 is 0.551 bits per heavy atom. The van der Waals surface area contributed by atoms with Gasteiger partial charge in [0, 0.05) is 10.0 Å². The molecule has 0 heterocycles. The molecular weight excluding hydrogens is 680 g/mol. The summed E-state index contributed by atoms with van der Waals surface area (Å²) in [5.41, 5.74) is 0.0319. The predicted octanol–water partition coefficient (Wildman–Crippen LogP) is 11.3. The van der Waals surface area contributed by atoms with Crippen LogP contribution in [0.1, 0.15) is 93.9 Å². The van der Waals surface area contributed by atoms with Gasteiger partial charge in [0.05, 0.1) is 21.8 Å². The number of carbonyl (C=O) groups is 3. The van der Waals surface area contributed by atoms with Gasteiger partial charge >= 0.3 is 17.9 Å². The molecule has 3 aromatic carbocycles. The van der Waals surface area contributed by atoms with Crippen molar-refractivity contribution in [2.24, 2.45) is 16.2 Å². The summed E-state index contributed by atoms with van der Waals surface area (Å²) >= 11 is 11.5. The van der Waals surface area contributed by atoms with Gasteiger partial charge in [0.15, 0.2) is 0 Å². The van der Waals surface area contributed by atoms with Crippen molar-refractivity contribution < 1.29 is 42.1 Å². The van der Waals surface area contributed by atoms with Gasteiger partial charge in [-0.3, -0.25) is 19.1 Å². The first-order chi connectivity index (χ1) is 21.1. The van der Waals surface area contributed by atoms with Crippen LogP contribution in [0.3, 0.4) is 0 Å². The van der Waals surface area contributed by atoms with E-state index in [2.05, 4.69) is 0 Å². The maximum atomic E-state index is 13.2. The van der Waals surface area contributed by atoms with Crippen molar-refractivity contribution in [3.8, 4) is 0 Å². The minimum Gasteiger partial charge on any atom is -0.460 e. The number of benzene rings is 3. The third-order valence-electron chi connectivity index (χ3n) is 5.79. The maximum absolute atomic E-state index is 13.2. The Morgan fingerprint density at radius 3 is 1.31 bits per heavy atom. The van der Waals surface area contributed by atoms with Gasteiger partial charge in [-0.1, -0.05) is 68.4 Å². The molecule has 0 unspecified atom stereocenters. The Hall–Kier alpha value is -3.56. The summed E-state index contributed by atoms with van der Waals surface area (Å²) in [4.78, 5) is 34.3. The zero-order valence-electron chi connectivity index (χ0n) is 28.3. The Kier molecular flexibility index (Phi) is 22.6. The van der Waals surface area contributed by atoms with Crippen molar-refractivity contribution >= 4 is 41.1 Å². The smallest absolute Gasteiger partial charge is 0.311 e. The average molecular weight is 734 g/mol. The van der Waals surface area contributed by atoms with Crippen molar-refractivity contribution in [2.45, 2.75) is 97.0 Å². The second kappa shape index (κ2) is 22.2. The third-order valence-corrected chi connectivity index (χ3v) is 6.28. The van der Waals surface area contributed by atoms with Gasteiger partial charge in [0.1, 0.15) is 31.5 Å². The largest absolute Gasteiger partial charge is 0.460 e. The minimum absolute atomic E-state index is 0. The molecule has 276 valence electrons.